The van der Waals surface area contributed by atoms with Gasteiger partial charge >= 0.3 is 59.7 Å². The molecule has 4 aliphatic heterocycles. The monoisotopic (exact) mass is 1930 g/mol. The van der Waals surface area contributed by atoms with Gasteiger partial charge in [0, 0.05) is 90.8 Å². The number of carboxylic acid groups (broad SMARTS) is 1. The number of aryl methyl sites for hydroxylation is 2. The maximum atomic E-state index is 16.1. The summed E-state index contributed by atoms with van der Waals surface area (Å²) in [6.45, 7) is 7.58. The number of carbonyl (C=O) groups excluding carboxylic acids is 12. The van der Waals surface area contributed by atoms with Crippen molar-refractivity contribution in [1.82, 2.24) is 25.6 Å². The van der Waals surface area contributed by atoms with Gasteiger partial charge in [0.2, 0.25) is 12.0 Å². The number of carboxylic acids is 1. The van der Waals surface area contributed by atoms with Crippen LogP contribution in [0.4, 0.5) is 0 Å². The number of nitrogens with zero attached hydrogens (tertiary/aromatic N) is 3. The van der Waals surface area contributed by atoms with Gasteiger partial charge in [0.15, 0.2) is 42.5 Å². The SMILES string of the molecule is CCOC(=O)[C@H](CCCCn1cc(CCCO[C@@H]2OC(COC(=O)COCC(=O)O[C@@H](C(=O)O[C@H]3C[C@@]4(O)[C@@H](OC(=O)c5ccccc5)[C@@H]5[C@]6(OC(C)=O)CO[C@@H]6C[C@H](O)[C@@]5(C)C(=O)[C@H](OC(C)=O)C(=C3C)C4(C)C)C(NC(=O)c3ccccc3)c3ccccc3)[C@@H](OC(C)=O)[C@H](OC(C)=O)C2C)nn1)NC(=O)COC1C[C@H](O[C@@H]2OC(CO)[C@@H](OC)[C@H](O)C2OCC(=O)O)C(CO)O[C@H]1OC. The first-order valence-corrected chi connectivity index (χ1v) is 45.0. The van der Waals surface area contributed by atoms with Gasteiger partial charge in [-0.15, -0.1) is 5.10 Å². The molecule has 6 fully saturated rings. The Kier molecular flexibility index (Phi) is 37.1. The minimum absolute atomic E-state index is 0.000678. The Morgan fingerprint density at radius 3 is 1.91 bits per heavy atom. The molecule has 4 aromatic rings. The molecule has 8 N–H and O–H groups in total. The highest BCUT2D eigenvalue weighted by Crippen LogP contribution is 2.65. The Bertz CT molecular complexity index is 4890. The van der Waals surface area contributed by atoms with Crippen LogP contribution in [0.15, 0.2) is 108 Å². The molecule has 0 radical (unpaired) electrons. The van der Waals surface area contributed by atoms with Crippen molar-refractivity contribution < 1.29 is 188 Å². The molecule has 5 heterocycles. The van der Waals surface area contributed by atoms with Crippen molar-refractivity contribution >= 4 is 77.3 Å². The van der Waals surface area contributed by atoms with E-state index in [0.29, 0.717) is 37.9 Å². The lowest BCUT2D eigenvalue weighted by atomic mass is 9.44. The molecule has 2 amide bonds. The Morgan fingerprint density at radius 2 is 1.29 bits per heavy atom. The number of aliphatic hydroxyl groups is 5. The molecule has 4 saturated heterocycles. The number of Topliss-reactive ketones (excluding diaryl/α,β-unsaturated/α-hetero) is 1. The molecule has 137 heavy (non-hydrogen) atoms. The quantitative estimate of drug-likeness (QED) is 0.0135. The summed E-state index contributed by atoms with van der Waals surface area (Å²) in [6, 6.07) is 20.2. The molecule has 7 unspecified atom stereocenters. The first kappa shape index (κ1) is 107. The van der Waals surface area contributed by atoms with Gasteiger partial charge in [-0.25, -0.2) is 28.8 Å². The highest BCUT2D eigenvalue weighted by Gasteiger charge is 2.79. The van der Waals surface area contributed by atoms with Crippen LogP contribution in [0.1, 0.15) is 152 Å². The average Bonchev–Trinajstić information content (AvgIpc) is 0.812. The summed E-state index contributed by atoms with van der Waals surface area (Å²) in [7, 11) is 2.55. The number of rotatable bonds is 44. The molecule has 44 nitrogen and oxygen atoms in total. The Balaban J connectivity index is 0.726. The maximum absolute atomic E-state index is 16.1. The predicted octanol–water partition coefficient (Wildman–Crippen LogP) is 1.62. The highest BCUT2D eigenvalue weighted by molar-refractivity contribution is 5.97. The minimum Gasteiger partial charge on any atom is -0.480 e. The van der Waals surface area contributed by atoms with Gasteiger partial charge in [-0.3, -0.25) is 38.2 Å². The summed E-state index contributed by atoms with van der Waals surface area (Å²) in [4.78, 5) is 180. The Morgan fingerprint density at radius 1 is 0.650 bits per heavy atom. The Labute approximate surface area is 788 Å². The molecule has 0 spiro atoms. The lowest BCUT2D eigenvalue weighted by Crippen LogP contribution is -2.82. The molecule has 26 atom stereocenters. The van der Waals surface area contributed by atoms with E-state index in [9.17, 15) is 83.4 Å². The fourth-order valence-corrected chi connectivity index (χ4v) is 19.0. The molecule has 1 aromatic heterocycles. The third-order valence-electron chi connectivity index (χ3n) is 25.7. The molecular weight excluding hydrogens is 1810 g/mol. The zero-order valence-corrected chi connectivity index (χ0v) is 77.9. The minimum atomic E-state index is -2.63. The predicted molar refractivity (Wildman–Crippen MR) is 461 cm³/mol. The fourth-order valence-electron chi connectivity index (χ4n) is 19.0. The van der Waals surface area contributed by atoms with Crippen LogP contribution in [0, 0.1) is 22.7 Å². The molecule has 7 aliphatic rings. The second-order valence-corrected chi connectivity index (χ2v) is 35.2. The number of nitrogens with one attached hydrogen (secondary N) is 2. The number of ketones is 1. The van der Waals surface area contributed by atoms with Crippen LogP contribution >= 0.6 is 0 Å². The summed E-state index contributed by atoms with van der Waals surface area (Å²) >= 11 is 0. The number of aliphatic carboxylic acids is 1. The second kappa shape index (κ2) is 47.7. The van der Waals surface area contributed by atoms with Gasteiger partial charge in [-0.05, 0) is 93.9 Å². The molecule has 11 rings (SSSR count). The number of benzene rings is 3. The van der Waals surface area contributed by atoms with Crippen molar-refractivity contribution in [2.75, 3.05) is 80.3 Å². The van der Waals surface area contributed by atoms with Crippen molar-refractivity contribution in [2.45, 2.75) is 267 Å². The average molecular weight is 1930 g/mol. The molecule has 3 aromatic carbocycles. The normalized spacial score (nSPS) is 30.5. The van der Waals surface area contributed by atoms with Crippen LogP contribution in [-0.2, 0) is 160 Å². The molecular formula is C93H121N5O39. The summed E-state index contributed by atoms with van der Waals surface area (Å²) in [5.41, 5.74) is -8.08. The van der Waals surface area contributed by atoms with E-state index in [-0.39, 0.29) is 60.3 Å². The van der Waals surface area contributed by atoms with Crippen LogP contribution in [0.25, 0.3) is 0 Å². The molecule has 44 heteroatoms. The highest BCUT2D eigenvalue weighted by atomic mass is 16.8. The van der Waals surface area contributed by atoms with E-state index in [1.807, 2.05) is 0 Å². The van der Waals surface area contributed by atoms with Gasteiger partial charge in [0.25, 0.3) is 5.91 Å². The topological polar surface area (TPSA) is 583 Å². The number of aliphatic hydroxyl groups excluding tert-OH is 4. The van der Waals surface area contributed by atoms with Crippen LogP contribution < -0.4 is 10.6 Å². The van der Waals surface area contributed by atoms with Crippen LogP contribution in [0.2, 0.25) is 0 Å². The summed E-state index contributed by atoms with van der Waals surface area (Å²) in [5.74, 6) is -15.6. The summed E-state index contributed by atoms with van der Waals surface area (Å²) < 4.78 is 119. The van der Waals surface area contributed by atoms with E-state index in [4.69, 9.17) is 94.7 Å². The van der Waals surface area contributed by atoms with E-state index in [1.165, 1.54) is 78.3 Å². The number of methoxy groups -OCH3 is 2. The van der Waals surface area contributed by atoms with Crippen molar-refractivity contribution in [2.24, 2.45) is 22.7 Å². The number of amides is 2. The van der Waals surface area contributed by atoms with Gasteiger partial charge in [-0.1, -0.05) is 92.7 Å². The number of hydrogen-bond acceptors (Lipinski definition) is 40. The number of fused-ring (bicyclic) bond motifs is 5. The molecule has 2 saturated carbocycles. The number of hydrogen-bond donors (Lipinski definition) is 8. The Hall–Kier alpha value is -10.8. The van der Waals surface area contributed by atoms with Crippen LogP contribution in [-0.4, -0.2) is 337 Å². The van der Waals surface area contributed by atoms with Crippen molar-refractivity contribution in [1.29, 1.82) is 0 Å². The smallest absolute Gasteiger partial charge is 0.350 e. The van der Waals surface area contributed by atoms with Gasteiger partial charge in [-0.2, -0.15) is 0 Å². The number of carbonyl (C=O) groups is 13. The van der Waals surface area contributed by atoms with E-state index >= 15 is 9.59 Å². The van der Waals surface area contributed by atoms with Crippen LogP contribution in [0.3, 0.4) is 0 Å². The number of unbranched alkanes of at least 4 members (excludes halogenated alkanes) is 1. The zero-order valence-electron chi connectivity index (χ0n) is 77.9. The third kappa shape index (κ3) is 25.1. The molecule has 2 bridgehead atoms. The first-order valence-electron chi connectivity index (χ1n) is 45.0. The number of aromatic nitrogens is 3. The third-order valence-corrected chi connectivity index (χ3v) is 25.7. The fraction of sp³-hybridized carbons (Fsp3) is 0.624. The maximum Gasteiger partial charge on any atom is 0.350 e. The lowest BCUT2D eigenvalue weighted by Gasteiger charge is -2.67. The number of esters is 9. The van der Waals surface area contributed by atoms with E-state index in [2.05, 4.69) is 20.9 Å². The largest absolute Gasteiger partial charge is 0.480 e. The standard InChI is InChI=1S/C93H121N5O39/c1-13-121-85(115)58(94-67(106)43-123-60-36-59(62(40-99)132-88(60)119-12)131-89-79(125-44-68(107)108)73(111)75(118-11)63(41-100)133-89)33-23-24-34-98-39-57(96-97-98)32-25-35-122-87-49(3)74(127-50(4)101)76(128-51(5)102)64(134-87)42-124-69(109)45-120-46-70(110)135-78(72(54-26-17-14-18-27-54)95-83(113)55-28-19-15-20-29-55)86(116)130-61-38-93(117)82(136-84(114)56-30-21-16-22-31-56)80-91(10,65(105)37-66-92(80,47-126-66)137-53(7)104)81(112)77(129-52(6)103)71(48(61)2)90(93,8)9/h14-22,26-31,39,49,58-66,72-80,82,87-89,99-100,105,111,117H,13,23-25,32-38,40-47H2,1-12H3,(H,94,106)(H,95,113)(H,107,108)/t49?,58-,59-,60?,61-,62?,63?,64?,65-,66+,72?,73-,74+,75+,76+,77+,78+,79?,80-,82-,87+,88+,89+,91+,92-,93+/m0/s1. The van der Waals surface area contributed by atoms with Gasteiger partial charge < -0.3 is 136 Å². The van der Waals surface area contributed by atoms with E-state index < -0.39 is 299 Å². The summed E-state index contributed by atoms with van der Waals surface area (Å²) in [5, 5.41) is 81.4. The van der Waals surface area contributed by atoms with Gasteiger partial charge in [0.1, 0.15) is 118 Å². The van der Waals surface area contributed by atoms with Crippen molar-refractivity contribution in [3.05, 3.63) is 131 Å². The second-order valence-electron chi connectivity index (χ2n) is 35.2. The van der Waals surface area contributed by atoms with Crippen molar-refractivity contribution in [3.8, 4) is 0 Å². The van der Waals surface area contributed by atoms with E-state index in [0.717, 1.165) is 27.7 Å². The van der Waals surface area contributed by atoms with Gasteiger partial charge in [0.05, 0.1) is 67.8 Å². The number of ether oxygens (including phenoxy) is 20. The van der Waals surface area contributed by atoms with Crippen molar-refractivity contribution in [3.63, 3.8) is 0 Å². The molecule has 752 valence electrons. The summed E-state index contributed by atoms with van der Waals surface area (Å²) in [6.07, 6.45) is -25.3. The molecule has 3 aliphatic carbocycles. The van der Waals surface area contributed by atoms with E-state index in [1.54, 1.807) is 79.3 Å². The lowest BCUT2D eigenvalue weighted by molar-refractivity contribution is -0.348. The first-order chi connectivity index (χ1) is 65.2. The van der Waals surface area contributed by atoms with Crippen LogP contribution in [0.5, 0.6) is 0 Å². The zero-order chi connectivity index (χ0) is 99.5.